The molecule has 9 heteroatoms. The van der Waals surface area contributed by atoms with E-state index in [2.05, 4.69) is 19.7 Å². The van der Waals surface area contributed by atoms with Crippen LogP contribution in [0.15, 0.2) is 27.7 Å². The number of nitrogens with one attached hydrogen (secondary N) is 1. The fourth-order valence-electron chi connectivity index (χ4n) is 1.81. The summed E-state index contributed by atoms with van der Waals surface area (Å²) in [6, 6.07) is 4.48. The molecule has 1 aliphatic carbocycles. The Balaban J connectivity index is 1.90. The maximum Gasteiger partial charge on any atom is 0.266 e. The second-order valence-corrected chi connectivity index (χ2v) is 7.24. The fraction of sp³-hybridized carbons (Fsp3) is 0.385. The van der Waals surface area contributed by atoms with Gasteiger partial charge in [0.2, 0.25) is 5.82 Å². The van der Waals surface area contributed by atoms with Gasteiger partial charge in [-0.15, -0.1) is 0 Å². The first-order chi connectivity index (χ1) is 10.5. The van der Waals surface area contributed by atoms with Gasteiger partial charge in [0.1, 0.15) is 16.3 Å². The number of hydrogen-bond donors (Lipinski definition) is 1. The average Bonchev–Trinajstić information content (AvgIpc) is 3.21. The summed E-state index contributed by atoms with van der Waals surface area (Å²) in [5.41, 5.74) is 0.339. The molecule has 1 aromatic carbocycles. The van der Waals surface area contributed by atoms with Gasteiger partial charge < -0.3 is 4.74 Å². The number of hydrogen-bond acceptors (Lipinski definition) is 6. The maximum absolute atomic E-state index is 12.5. The normalized spacial score (nSPS) is 14.8. The molecule has 1 heterocycles. The summed E-state index contributed by atoms with van der Waals surface area (Å²) < 4.78 is 37.5. The average molecular weight is 344 g/mol. The van der Waals surface area contributed by atoms with Gasteiger partial charge in [-0.2, -0.15) is 0 Å². The van der Waals surface area contributed by atoms with Crippen molar-refractivity contribution in [3.05, 3.63) is 28.9 Å². The second kappa shape index (κ2) is 5.77. The minimum atomic E-state index is -3.91. The Morgan fingerprint density at radius 1 is 1.41 bits per heavy atom. The molecule has 7 nitrogen and oxygen atoms in total. The van der Waals surface area contributed by atoms with E-state index in [1.807, 2.05) is 0 Å². The molecule has 0 radical (unpaired) electrons. The van der Waals surface area contributed by atoms with E-state index in [4.69, 9.17) is 16.3 Å². The van der Waals surface area contributed by atoms with Crippen LogP contribution >= 0.6 is 11.6 Å². The van der Waals surface area contributed by atoms with Crippen molar-refractivity contribution in [1.29, 1.82) is 0 Å². The van der Waals surface area contributed by atoms with Gasteiger partial charge in [0.25, 0.3) is 10.0 Å². The van der Waals surface area contributed by atoms with Crippen LogP contribution in [0.5, 0.6) is 5.75 Å². The number of benzene rings is 1. The van der Waals surface area contributed by atoms with Crippen molar-refractivity contribution in [3.8, 4) is 5.75 Å². The van der Waals surface area contributed by atoms with Gasteiger partial charge in [0.05, 0.1) is 6.61 Å². The number of anilines is 1. The first-order valence-corrected chi connectivity index (χ1v) is 8.56. The van der Waals surface area contributed by atoms with E-state index in [-0.39, 0.29) is 16.5 Å². The number of rotatable bonds is 6. The van der Waals surface area contributed by atoms with E-state index >= 15 is 0 Å². The summed E-state index contributed by atoms with van der Waals surface area (Å²) >= 11 is 5.92. The van der Waals surface area contributed by atoms with Crippen LogP contribution in [0.4, 0.5) is 5.82 Å². The molecule has 22 heavy (non-hydrogen) atoms. The molecule has 0 spiro atoms. The Kier molecular flexibility index (Phi) is 3.96. The van der Waals surface area contributed by atoms with Crippen molar-refractivity contribution in [2.24, 2.45) is 5.92 Å². The third-order valence-electron chi connectivity index (χ3n) is 3.25. The van der Waals surface area contributed by atoms with Crippen molar-refractivity contribution in [3.63, 3.8) is 0 Å². The lowest BCUT2D eigenvalue weighted by Crippen LogP contribution is -2.16. The number of aromatic nitrogens is 2. The lowest BCUT2D eigenvalue weighted by atomic mass is 10.3. The molecule has 0 amide bonds. The lowest BCUT2D eigenvalue weighted by molar-refractivity contribution is 0.292. The van der Waals surface area contributed by atoms with Crippen molar-refractivity contribution in [1.82, 2.24) is 10.3 Å². The number of aryl methyl sites for hydroxylation is 1. The first kappa shape index (κ1) is 15.1. The van der Waals surface area contributed by atoms with Crippen molar-refractivity contribution >= 4 is 27.4 Å². The zero-order chi connectivity index (χ0) is 15.7. The highest BCUT2D eigenvalue weighted by Crippen LogP contribution is 2.33. The van der Waals surface area contributed by atoms with Gasteiger partial charge in [0, 0.05) is 5.02 Å². The predicted molar refractivity (Wildman–Crippen MR) is 79.5 cm³/mol. The van der Waals surface area contributed by atoms with Crippen LogP contribution in [-0.4, -0.2) is 25.3 Å². The molecule has 118 valence electrons. The van der Waals surface area contributed by atoms with Crippen LogP contribution in [-0.2, 0) is 10.0 Å². The van der Waals surface area contributed by atoms with Crippen LogP contribution in [0.3, 0.4) is 0 Å². The Bertz CT molecular complexity index is 786. The summed E-state index contributed by atoms with van der Waals surface area (Å²) in [5.74, 6) is 0.798. The highest BCUT2D eigenvalue weighted by Gasteiger charge is 2.26. The third-order valence-corrected chi connectivity index (χ3v) is 4.85. The number of nitrogens with zero attached hydrogens (tertiary/aromatic N) is 2. The Hall–Kier alpha value is -1.80. The van der Waals surface area contributed by atoms with E-state index in [0.717, 1.165) is 12.8 Å². The summed E-state index contributed by atoms with van der Waals surface area (Å²) in [7, 11) is -3.91. The molecule has 2 aromatic rings. The largest absolute Gasteiger partial charge is 0.492 e. The van der Waals surface area contributed by atoms with E-state index in [1.165, 1.54) is 6.07 Å². The van der Waals surface area contributed by atoms with Crippen LogP contribution < -0.4 is 9.46 Å². The van der Waals surface area contributed by atoms with Gasteiger partial charge >= 0.3 is 0 Å². The van der Waals surface area contributed by atoms with Gasteiger partial charge in [-0.05, 0) is 49.0 Å². The van der Waals surface area contributed by atoms with E-state index in [1.54, 1.807) is 19.1 Å². The SMILES string of the molecule is Cc1nonc1NS(=O)(=O)c1cc(Cl)ccc1OCC1CC1. The fourth-order valence-corrected chi connectivity index (χ4v) is 3.27. The number of halogens is 1. The predicted octanol–water partition coefficient (Wildman–Crippen LogP) is 2.62. The first-order valence-electron chi connectivity index (χ1n) is 6.70. The Labute approximate surface area is 132 Å². The van der Waals surface area contributed by atoms with Gasteiger partial charge in [-0.3, -0.25) is 4.72 Å². The molecule has 1 aliphatic rings. The second-order valence-electron chi connectivity index (χ2n) is 5.15. The zero-order valence-corrected chi connectivity index (χ0v) is 13.3. The van der Waals surface area contributed by atoms with Crippen LogP contribution in [0.1, 0.15) is 18.5 Å². The third kappa shape index (κ3) is 3.33. The van der Waals surface area contributed by atoms with E-state index < -0.39 is 10.0 Å². The molecule has 0 aliphatic heterocycles. The van der Waals surface area contributed by atoms with Crippen molar-refractivity contribution < 1.29 is 17.8 Å². The van der Waals surface area contributed by atoms with Crippen LogP contribution in [0.2, 0.25) is 5.02 Å². The van der Waals surface area contributed by atoms with Crippen molar-refractivity contribution in [2.75, 3.05) is 11.3 Å². The Morgan fingerprint density at radius 3 is 2.82 bits per heavy atom. The maximum atomic E-state index is 12.5. The molecule has 0 atom stereocenters. The van der Waals surface area contributed by atoms with Crippen LogP contribution in [0, 0.1) is 12.8 Å². The van der Waals surface area contributed by atoms with E-state index in [0.29, 0.717) is 23.2 Å². The Morgan fingerprint density at radius 2 is 2.18 bits per heavy atom. The van der Waals surface area contributed by atoms with Crippen molar-refractivity contribution in [2.45, 2.75) is 24.7 Å². The molecular formula is C13H14ClN3O4S. The summed E-state index contributed by atoms with van der Waals surface area (Å²) in [5, 5.41) is 7.34. The minimum absolute atomic E-state index is 0.0353. The smallest absolute Gasteiger partial charge is 0.266 e. The molecule has 0 unspecified atom stereocenters. The minimum Gasteiger partial charge on any atom is -0.492 e. The summed E-state index contributed by atoms with van der Waals surface area (Å²) in [6.07, 6.45) is 2.22. The lowest BCUT2D eigenvalue weighted by Gasteiger charge is -2.12. The number of sulfonamides is 1. The number of ether oxygens (including phenoxy) is 1. The van der Waals surface area contributed by atoms with Crippen LogP contribution in [0.25, 0.3) is 0 Å². The molecular weight excluding hydrogens is 330 g/mol. The van der Waals surface area contributed by atoms with Gasteiger partial charge in [0.15, 0.2) is 0 Å². The molecule has 0 bridgehead atoms. The van der Waals surface area contributed by atoms with E-state index in [9.17, 15) is 8.42 Å². The molecule has 1 saturated carbocycles. The van der Waals surface area contributed by atoms with Gasteiger partial charge in [-0.1, -0.05) is 16.8 Å². The molecule has 1 N–H and O–H groups in total. The highest BCUT2D eigenvalue weighted by atomic mass is 35.5. The highest BCUT2D eigenvalue weighted by molar-refractivity contribution is 7.92. The summed E-state index contributed by atoms with van der Waals surface area (Å²) in [4.78, 5) is -0.0388. The van der Waals surface area contributed by atoms with Gasteiger partial charge in [-0.25, -0.2) is 13.0 Å². The zero-order valence-electron chi connectivity index (χ0n) is 11.7. The monoisotopic (exact) mass is 343 g/mol. The standard InChI is InChI=1S/C13H14ClN3O4S/c1-8-13(16-21-15-8)17-22(18,19)12-6-10(14)4-5-11(12)20-7-9-2-3-9/h4-6,9H,2-3,7H2,1H3,(H,16,17). The topological polar surface area (TPSA) is 94.3 Å². The molecule has 1 fully saturated rings. The quantitative estimate of drug-likeness (QED) is 0.866. The summed E-state index contributed by atoms with van der Waals surface area (Å²) in [6.45, 7) is 2.07. The molecule has 3 rings (SSSR count). The molecule has 0 saturated heterocycles. The molecule has 1 aromatic heterocycles.